The number of aliphatic hydroxyl groups is 2. The monoisotopic (exact) mass is 459 g/mol. The number of rotatable bonds is 6. The Hall–Kier alpha value is -4.22. The van der Waals surface area contributed by atoms with E-state index < -0.39 is 11.5 Å². The van der Waals surface area contributed by atoms with Gasteiger partial charge in [0.1, 0.15) is 17.3 Å². The zero-order chi connectivity index (χ0) is 23.7. The minimum atomic E-state index is -1.71. The minimum Gasteiger partial charge on any atom is -0.390 e. The molecular formula is C23H21N7O4. The van der Waals surface area contributed by atoms with Gasteiger partial charge in [0.2, 0.25) is 5.60 Å². The highest BCUT2D eigenvalue weighted by molar-refractivity contribution is 5.87. The number of aliphatic hydroxyl groups excluding tert-OH is 1. The number of likely N-dealkylation sites (tertiary alicyclic amines) is 1. The summed E-state index contributed by atoms with van der Waals surface area (Å²) in [6, 6.07) is 12.4. The van der Waals surface area contributed by atoms with Crippen molar-refractivity contribution in [2.24, 2.45) is 0 Å². The van der Waals surface area contributed by atoms with Crippen LogP contribution in [0.1, 0.15) is 17.9 Å². The average Bonchev–Trinajstić information content (AvgIpc) is 3.47. The molecule has 0 saturated carbocycles. The second-order valence-corrected chi connectivity index (χ2v) is 7.91. The Bertz CT molecular complexity index is 1340. The van der Waals surface area contributed by atoms with E-state index >= 15 is 0 Å². The van der Waals surface area contributed by atoms with Crippen molar-refractivity contribution >= 4 is 17.5 Å². The molecule has 1 aliphatic heterocycles. The van der Waals surface area contributed by atoms with Crippen LogP contribution in [0, 0.1) is 0 Å². The van der Waals surface area contributed by atoms with Crippen molar-refractivity contribution in [3.63, 3.8) is 0 Å². The smallest absolute Gasteiger partial charge is 0.262 e. The molecule has 5 rings (SSSR count). The van der Waals surface area contributed by atoms with E-state index in [4.69, 9.17) is 9.63 Å². The summed E-state index contributed by atoms with van der Waals surface area (Å²) in [4.78, 5) is 31.3. The summed E-state index contributed by atoms with van der Waals surface area (Å²) >= 11 is 0. The standard InChI is InChI=1S/C23H21N7O4/c1-30-9-8-23(33,22(30)32)19-10-18(29-34-19)17-5-2-4-15(26-17)16-6-3-7-20(27-16)28-21-12-24-14(13-31)11-25-21/h2-7,10-12,31,33H,8-9,13H2,1H3,(H,25,27,28). The van der Waals surface area contributed by atoms with Gasteiger partial charge in [-0.25, -0.2) is 15.0 Å². The van der Waals surface area contributed by atoms with Gasteiger partial charge in [0.05, 0.1) is 41.8 Å². The SMILES string of the molecule is CN1CCC(O)(c2cc(-c3cccc(-c4cccc(Nc5cnc(CO)cn5)n4)n3)no2)C1=O. The quantitative estimate of drug-likeness (QED) is 0.390. The van der Waals surface area contributed by atoms with E-state index in [1.807, 2.05) is 24.3 Å². The fourth-order valence-corrected chi connectivity index (χ4v) is 3.67. The van der Waals surface area contributed by atoms with Gasteiger partial charge in [-0.05, 0) is 24.3 Å². The van der Waals surface area contributed by atoms with Crippen LogP contribution < -0.4 is 5.32 Å². The summed E-state index contributed by atoms with van der Waals surface area (Å²) in [5, 5.41) is 27.0. The molecule has 0 aromatic carbocycles. The predicted octanol–water partition coefficient (Wildman–Crippen LogP) is 1.87. The third-order valence-electron chi connectivity index (χ3n) is 5.57. The molecule has 3 N–H and O–H groups in total. The maximum Gasteiger partial charge on any atom is 0.262 e. The molecule has 34 heavy (non-hydrogen) atoms. The van der Waals surface area contributed by atoms with Crippen LogP contribution in [0.3, 0.4) is 0 Å². The van der Waals surface area contributed by atoms with Crippen LogP contribution in [-0.4, -0.2) is 59.7 Å². The van der Waals surface area contributed by atoms with Gasteiger partial charge in [-0.3, -0.25) is 9.78 Å². The maximum atomic E-state index is 12.3. The summed E-state index contributed by atoms with van der Waals surface area (Å²) < 4.78 is 5.33. The molecule has 1 atom stereocenters. The van der Waals surface area contributed by atoms with Gasteiger partial charge in [0, 0.05) is 26.1 Å². The molecule has 0 radical (unpaired) electrons. The van der Waals surface area contributed by atoms with Gasteiger partial charge in [-0.1, -0.05) is 17.3 Å². The van der Waals surface area contributed by atoms with E-state index in [0.29, 0.717) is 46.7 Å². The van der Waals surface area contributed by atoms with Crippen molar-refractivity contribution in [3.8, 4) is 22.8 Å². The van der Waals surface area contributed by atoms with Crippen molar-refractivity contribution in [2.75, 3.05) is 18.9 Å². The lowest BCUT2D eigenvalue weighted by molar-refractivity contribution is -0.144. The Morgan fingerprint density at radius 3 is 2.44 bits per heavy atom. The van der Waals surface area contributed by atoms with E-state index in [1.165, 1.54) is 17.3 Å². The molecule has 1 aliphatic rings. The second kappa shape index (κ2) is 8.61. The molecule has 1 fully saturated rings. The molecule has 172 valence electrons. The van der Waals surface area contributed by atoms with Crippen molar-refractivity contribution < 1.29 is 19.5 Å². The first-order valence-electron chi connectivity index (χ1n) is 10.5. The van der Waals surface area contributed by atoms with E-state index in [9.17, 15) is 9.90 Å². The van der Waals surface area contributed by atoms with Gasteiger partial charge >= 0.3 is 0 Å². The molecule has 11 heteroatoms. The Morgan fingerprint density at radius 2 is 1.76 bits per heavy atom. The number of hydrogen-bond donors (Lipinski definition) is 3. The van der Waals surface area contributed by atoms with Gasteiger partial charge in [-0.2, -0.15) is 0 Å². The number of pyridine rings is 2. The third-order valence-corrected chi connectivity index (χ3v) is 5.57. The average molecular weight is 459 g/mol. The van der Waals surface area contributed by atoms with E-state index in [0.717, 1.165) is 0 Å². The molecule has 0 spiro atoms. The topological polar surface area (TPSA) is 150 Å². The van der Waals surface area contributed by atoms with Crippen LogP contribution in [0.5, 0.6) is 0 Å². The Balaban J connectivity index is 1.39. The number of amides is 1. The van der Waals surface area contributed by atoms with Crippen LogP contribution in [0.15, 0.2) is 59.4 Å². The van der Waals surface area contributed by atoms with Gasteiger partial charge in [0.25, 0.3) is 5.91 Å². The molecule has 1 unspecified atom stereocenters. The summed E-state index contributed by atoms with van der Waals surface area (Å²) in [5.74, 6) is 0.720. The number of likely N-dealkylation sites (N-methyl/N-ethyl adjacent to an activating group) is 1. The Morgan fingerprint density at radius 1 is 1.03 bits per heavy atom. The number of hydrogen-bond acceptors (Lipinski definition) is 10. The highest BCUT2D eigenvalue weighted by Crippen LogP contribution is 2.34. The van der Waals surface area contributed by atoms with Crippen molar-refractivity contribution in [3.05, 3.63) is 66.3 Å². The third kappa shape index (κ3) is 3.98. The minimum absolute atomic E-state index is 0.0988. The predicted molar refractivity (Wildman–Crippen MR) is 120 cm³/mol. The van der Waals surface area contributed by atoms with Crippen LogP contribution in [0.25, 0.3) is 22.8 Å². The van der Waals surface area contributed by atoms with E-state index in [2.05, 4.69) is 30.4 Å². The lowest BCUT2D eigenvalue weighted by atomic mass is 9.98. The number of aromatic nitrogens is 5. The molecule has 0 aliphatic carbocycles. The molecule has 11 nitrogen and oxygen atoms in total. The normalized spacial score (nSPS) is 17.9. The van der Waals surface area contributed by atoms with Crippen LogP contribution in [-0.2, 0) is 17.0 Å². The summed E-state index contributed by atoms with van der Waals surface area (Å²) in [6.07, 6.45) is 3.24. The van der Waals surface area contributed by atoms with Gasteiger partial charge in [-0.15, -0.1) is 0 Å². The molecule has 1 amide bonds. The lowest BCUT2D eigenvalue weighted by Crippen LogP contribution is -2.35. The first-order valence-corrected chi connectivity index (χ1v) is 10.5. The summed E-state index contributed by atoms with van der Waals surface area (Å²) in [6.45, 7) is 0.259. The van der Waals surface area contributed by atoms with Gasteiger partial charge < -0.3 is 25.0 Å². The van der Waals surface area contributed by atoms with Crippen molar-refractivity contribution in [2.45, 2.75) is 18.6 Å². The first-order chi connectivity index (χ1) is 16.5. The lowest BCUT2D eigenvalue weighted by Gasteiger charge is -2.16. The summed E-state index contributed by atoms with van der Waals surface area (Å²) in [5.41, 5.74) is 0.893. The summed E-state index contributed by atoms with van der Waals surface area (Å²) in [7, 11) is 1.63. The zero-order valence-corrected chi connectivity index (χ0v) is 18.2. The van der Waals surface area contributed by atoms with Crippen LogP contribution in [0.2, 0.25) is 0 Å². The number of carbonyl (C=O) groups is 1. The van der Waals surface area contributed by atoms with E-state index in [-0.39, 0.29) is 18.8 Å². The number of nitrogens with one attached hydrogen (secondary N) is 1. The zero-order valence-electron chi connectivity index (χ0n) is 18.2. The highest BCUT2D eigenvalue weighted by atomic mass is 16.5. The van der Waals surface area contributed by atoms with Crippen LogP contribution >= 0.6 is 0 Å². The van der Waals surface area contributed by atoms with Crippen LogP contribution in [0.4, 0.5) is 11.6 Å². The molecule has 5 heterocycles. The molecular weight excluding hydrogens is 438 g/mol. The Kier molecular flexibility index (Phi) is 5.48. The maximum absolute atomic E-state index is 12.3. The molecule has 4 aromatic rings. The fraction of sp³-hybridized carbons (Fsp3) is 0.217. The van der Waals surface area contributed by atoms with E-state index in [1.54, 1.807) is 25.2 Å². The Labute approximate surface area is 194 Å². The number of carbonyl (C=O) groups excluding carboxylic acids is 1. The molecule has 0 bridgehead atoms. The second-order valence-electron chi connectivity index (χ2n) is 7.91. The highest BCUT2D eigenvalue weighted by Gasteiger charge is 2.48. The largest absolute Gasteiger partial charge is 0.390 e. The fourth-order valence-electron chi connectivity index (χ4n) is 3.67. The van der Waals surface area contributed by atoms with Crippen molar-refractivity contribution in [1.82, 2.24) is 30.0 Å². The van der Waals surface area contributed by atoms with Crippen molar-refractivity contribution in [1.29, 1.82) is 0 Å². The van der Waals surface area contributed by atoms with Gasteiger partial charge in [0.15, 0.2) is 5.76 Å². The first kappa shape index (κ1) is 21.6. The number of nitrogens with zero attached hydrogens (tertiary/aromatic N) is 6. The number of anilines is 2. The molecule has 4 aromatic heterocycles. The molecule has 1 saturated heterocycles.